The van der Waals surface area contributed by atoms with Gasteiger partial charge in [0.15, 0.2) is 0 Å². The highest BCUT2D eigenvalue weighted by molar-refractivity contribution is 5.94. The molecule has 0 aliphatic carbocycles. The van der Waals surface area contributed by atoms with E-state index in [0.717, 1.165) is 31.5 Å². The first-order valence-electron chi connectivity index (χ1n) is 7.59. The summed E-state index contributed by atoms with van der Waals surface area (Å²) in [5, 5.41) is 2.97. The van der Waals surface area contributed by atoms with Crippen LogP contribution in [0.5, 0.6) is 0 Å². The van der Waals surface area contributed by atoms with Gasteiger partial charge in [-0.2, -0.15) is 0 Å². The monoisotopic (exact) mass is 292 g/mol. The minimum Gasteiger partial charge on any atom is -0.349 e. The molecule has 1 aromatic carbocycles. The zero-order chi connectivity index (χ0) is 15.6. The number of hydrogen-bond acceptors (Lipinski definition) is 2. The van der Waals surface area contributed by atoms with Crippen LogP contribution in [0.25, 0.3) is 0 Å². The first kappa shape index (κ1) is 16.0. The van der Waals surface area contributed by atoms with Gasteiger partial charge >= 0.3 is 0 Å². The van der Waals surface area contributed by atoms with Crippen LogP contribution in [0.3, 0.4) is 0 Å². The molecule has 1 aliphatic rings. The molecule has 1 aromatic rings. The van der Waals surface area contributed by atoms with Gasteiger partial charge in [-0.15, -0.1) is 0 Å². The van der Waals surface area contributed by atoms with Crippen molar-refractivity contribution >= 4 is 5.91 Å². The Morgan fingerprint density at radius 1 is 1.29 bits per heavy atom. The summed E-state index contributed by atoms with van der Waals surface area (Å²) in [4.78, 5) is 14.6. The van der Waals surface area contributed by atoms with Crippen molar-refractivity contribution in [1.29, 1.82) is 0 Å². The first-order valence-corrected chi connectivity index (χ1v) is 7.59. The number of nitrogens with one attached hydrogen (secondary N) is 1. The SMILES string of the molecule is Cc1ccc(F)c(C(=O)NC2CCN(C(C)(C)C)CC2)c1. The number of benzene rings is 1. The number of aryl methyl sites for hydroxylation is 1. The van der Waals surface area contributed by atoms with Crippen molar-refractivity contribution in [2.75, 3.05) is 13.1 Å². The largest absolute Gasteiger partial charge is 0.349 e. The van der Waals surface area contributed by atoms with Crippen LogP contribution >= 0.6 is 0 Å². The van der Waals surface area contributed by atoms with Crippen molar-refractivity contribution in [3.63, 3.8) is 0 Å². The molecule has 0 spiro atoms. The molecule has 1 amide bonds. The predicted octanol–water partition coefficient (Wildman–Crippen LogP) is 3.13. The molecular weight excluding hydrogens is 267 g/mol. The smallest absolute Gasteiger partial charge is 0.254 e. The number of carbonyl (C=O) groups excluding carboxylic acids is 1. The van der Waals surface area contributed by atoms with E-state index in [-0.39, 0.29) is 23.1 Å². The molecular formula is C17H25FN2O. The second-order valence-corrected chi connectivity index (χ2v) is 6.89. The van der Waals surface area contributed by atoms with Gasteiger partial charge < -0.3 is 5.32 Å². The van der Waals surface area contributed by atoms with Crippen LogP contribution in [0.1, 0.15) is 49.5 Å². The first-order chi connectivity index (χ1) is 9.77. The lowest BCUT2D eigenvalue weighted by atomic mass is 9.98. The number of hydrogen-bond donors (Lipinski definition) is 1. The van der Waals surface area contributed by atoms with Gasteiger partial charge in [-0.3, -0.25) is 9.69 Å². The standard InChI is InChI=1S/C17H25FN2O/c1-12-5-6-15(18)14(11-12)16(21)19-13-7-9-20(10-8-13)17(2,3)4/h5-6,11,13H,7-10H2,1-4H3,(H,19,21). The fourth-order valence-electron chi connectivity index (χ4n) is 2.77. The van der Waals surface area contributed by atoms with E-state index >= 15 is 0 Å². The van der Waals surface area contributed by atoms with Crippen molar-refractivity contribution in [2.45, 2.75) is 52.1 Å². The summed E-state index contributed by atoms with van der Waals surface area (Å²) in [6, 6.07) is 4.77. The molecule has 3 nitrogen and oxygen atoms in total. The summed E-state index contributed by atoms with van der Waals surface area (Å²) in [5.41, 5.74) is 1.20. The zero-order valence-corrected chi connectivity index (χ0v) is 13.4. The average Bonchev–Trinajstić information content (AvgIpc) is 2.41. The lowest BCUT2D eigenvalue weighted by Gasteiger charge is -2.41. The highest BCUT2D eigenvalue weighted by Crippen LogP contribution is 2.20. The van der Waals surface area contributed by atoms with Crippen LogP contribution in [-0.2, 0) is 0 Å². The molecule has 0 unspecified atom stereocenters. The molecule has 2 rings (SSSR count). The topological polar surface area (TPSA) is 32.3 Å². The molecule has 116 valence electrons. The maximum atomic E-state index is 13.7. The molecule has 0 atom stereocenters. The van der Waals surface area contributed by atoms with Crippen molar-refractivity contribution in [3.05, 3.63) is 35.1 Å². The summed E-state index contributed by atoms with van der Waals surface area (Å²) in [7, 11) is 0. The molecule has 4 heteroatoms. The van der Waals surface area contributed by atoms with E-state index < -0.39 is 5.82 Å². The molecule has 1 heterocycles. The highest BCUT2D eigenvalue weighted by Gasteiger charge is 2.28. The summed E-state index contributed by atoms with van der Waals surface area (Å²) >= 11 is 0. The molecule has 1 saturated heterocycles. The van der Waals surface area contributed by atoms with Gasteiger partial charge in [-0.05, 0) is 52.7 Å². The normalized spacial score (nSPS) is 17.8. The Kier molecular flexibility index (Phi) is 4.67. The van der Waals surface area contributed by atoms with E-state index in [1.165, 1.54) is 6.07 Å². The number of halogens is 1. The predicted molar refractivity (Wildman–Crippen MR) is 83.0 cm³/mol. The molecule has 0 aromatic heterocycles. The molecule has 1 N–H and O–H groups in total. The summed E-state index contributed by atoms with van der Waals surface area (Å²) < 4.78 is 13.7. The van der Waals surface area contributed by atoms with Crippen LogP contribution in [0, 0.1) is 12.7 Å². The van der Waals surface area contributed by atoms with Crippen molar-refractivity contribution < 1.29 is 9.18 Å². The summed E-state index contributed by atoms with van der Waals surface area (Å²) in [6.07, 6.45) is 1.83. The van der Waals surface area contributed by atoms with Gasteiger partial charge in [0, 0.05) is 24.7 Å². The van der Waals surface area contributed by atoms with Gasteiger partial charge in [-0.25, -0.2) is 4.39 Å². The van der Waals surface area contributed by atoms with Crippen LogP contribution in [0.4, 0.5) is 4.39 Å². The van der Waals surface area contributed by atoms with Gasteiger partial charge in [-0.1, -0.05) is 11.6 Å². The Balaban J connectivity index is 1.94. The number of amides is 1. The van der Waals surface area contributed by atoms with Gasteiger partial charge in [0.2, 0.25) is 0 Å². The number of likely N-dealkylation sites (tertiary alicyclic amines) is 1. The van der Waals surface area contributed by atoms with Gasteiger partial charge in [0.05, 0.1) is 5.56 Å². The highest BCUT2D eigenvalue weighted by atomic mass is 19.1. The van der Waals surface area contributed by atoms with Gasteiger partial charge in [0.1, 0.15) is 5.82 Å². The zero-order valence-electron chi connectivity index (χ0n) is 13.4. The van der Waals surface area contributed by atoms with Crippen molar-refractivity contribution in [1.82, 2.24) is 10.2 Å². The lowest BCUT2D eigenvalue weighted by Crippen LogP contribution is -2.50. The molecule has 1 aliphatic heterocycles. The van der Waals surface area contributed by atoms with Crippen LogP contribution in [0.2, 0.25) is 0 Å². The van der Waals surface area contributed by atoms with Crippen molar-refractivity contribution in [3.8, 4) is 0 Å². The number of rotatable bonds is 2. The third-order valence-corrected chi connectivity index (χ3v) is 4.15. The van der Waals surface area contributed by atoms with E-state index in [4.69, 9.17) is 0 Å². The Hall–Kier alpha value is -1.42. The molecule has 0 bridgehead atoms. The molecule has 0 radical (unpaired) electrons. The molecule has 0 saturated carbocycles. The fourth-order valence-corrected chi connectivity index (χ4v) is 2.77. The third kappa shape index (κ3) is 4.03. The van der Waals surface area contributed by atoms with E-state index in [2.05, 4.69) is 31.0 Å². The second kappa shape index (κ2) is 6.14. The summed E-state index contributed by atoms with van der Waals surface area (Å²) in [6.45, 7) is 10.4. The third-order valence-electron chi connectivity index (χ3n) is 4.15. The lowest BCUT2D eigenvalue weighted by molar-refractivity contribution is 0.0810. The van der Waals surface area contributed by atoms with E-state index in [0.29, 0.717) is 0 Å². The fraction of sp³-hybridized carbons (Fsp3) is 0.588. The minimum absolute atomic E-state index is 0.135. The number of nitrogens with zero attached hydrogens (tertiary/aromatic N) is 1. The van der Waals surface area contributed by atoms with E-state index in [9.17, 15) is 9.18 Å². The summed E-state index contributed by atoms with van der Waals surface area (Å²) in [5.74, 6) is -0.754. The van der Waals surface area contributed by atoms with Crippen LogP contribution in [-0.4, -0.2) is 35.5 Å². The molecule has 21 heavy (non-hydrogen) atoms. The van der Waals surface area contributed by atoms with E-state index in [1.54, 1.807) is 12.1 Å². The average molecular weight is 292 g/mol. The van der Waals surface area contributed by atoms with Gasteiger partial charge in [0.25, 0.3) is 5.91 Å². The second-order valence-electron chi connectivity index (χ2n) is 6.89. The van der Waals surface area contributed by atoms with Crippen LogP contribution in [0.15, 0.2) is 18.2 Å². The maximum absolute atomic E-state index is 13.7. The minimum atomic E-state index is -0.453. The Morgan fingerprint density at radius 2 is 1.90 bits per heavy atom. The van der Waals surface area contributed by atoms with Crippen molar-refractivity contribution in [2.24, 2.45) is 0 Å². The van der Waals surface area contributed by atoms with E-state index in [1.807, 2.05) is 6.92 Å². The number of carbonyl (C=O) groups is 1. The maximum Gasteiger partial charge on any atom is 0.254 e. The van der Waals surface area contributed by atoms with Crippen LogP contribution < -0.4 is 5.32 Å². The number of piperidine rings is 1. The Labute approximate surface area is 126 Å². The Bertz CT molecular complexity index is 514. The quantitative estimate of drug-likeness (QED) is 0.908. The Morgan fingerprint density at radius 3 is 2.48 bits per heavy atom. The molecule has 1 fully saturated rings.